The highest BCUT2D eigenvalue weighted by Crippen LogP contribution is 2.33. The molecular weight excluding hydrogens is 410 g/mol. The van der Waals surface area contributed by atoms with E-state index < -0.39 is 0 Å². The molecule has 0 aliphatic carbocycles. The molecule has 0 bridgehead atoms. The lowest BCUT2D eigenvalue weighted by Gasteiger charge is -2.33. The summed E-state index contributed by atoms with van der Waals surface area (Å²) in [7, 11) is 0. The van der Waals surface area contributed by atoms with E-state index in [-0.39, 0.29) is 12.7 Å². The minimum absolute atomic E-state index is 0.0521. The van der Waals surface area contributed by atoms with Crippen LogP contribution in [-0.2, 0) is 0 Å². The van der Waals surface area contributed by atoms with Crippen LogP contribution in [0.2, 0.25) is 5.02 Å². The Hall–Kier alpha value is -2.00. The van der Waals surface area contributed by atoms with Gasteiger partial charge in [0.1, 0.15) is 10.8 Å². The molecule has 1 aliphatic rings. The van der Waals surface area contributed by atoms with Gasteiger partial charge >= 0.3 is 0 Å². The first-order valence-corrected chi connectivity index (χ1v) is 10.8. The smallest absolute Gasteiger partial charge is 0.209 e. The second-order valence-electron chi connectivity index (χ2n) is 7.09. The maximum atomic E-state index is 10.2. The second kappa shape index (κ2) is 10.2. The average molecular weight is 435 g/mol. The number of anilines is 1. The first-order chi connectivity index (χ1) is 14.0. The molecule has 7 nitrogen and oxygen atoms in total. The van der Waals surface area contributed by atoms with Crippen LogP contribution in [0.4, 0.5) is 5.13 Å². The average Bonchev–Trinajstić information content (AvgIpc) is 3.16. The Kier molecular flexibility index (Phi) is 7.60. The summed E-state index contributed by atoms with van der Waals surface area (Å²) in [5.74, 6) is 0.645. The van der Waals surface area contributed by atoms with Gasteiger partial charge in [-0.1, -0.05) is 22.9 Å². The van der Waals surface area contributed by atoms with Crippen molar-refractivity contribution in [2.45, 2.75) is 32.8 Å². The molecular formula is C20H25ClN5O2S-. The summed E-state index contributed by atoms with van der Waals surface area (Å²) in [6, 6.07) is 5.57. The van der Waals surface area contributed by atoms with E-state index in [9.17, 15) is 5.41 Å². The lowest BCUT2D eigenvalue weighted by atomic mass is 10.0. The molecule has 3 rings (SSSR count). The number of ether oxygens (including phenoxy) is 1. The molecule has 0 spiro atoms. The molecule has 1 aromatic heterocycles. The van der Waals surface area contributed by atoms with E-state index in [0.29, 0.717) is 34.6 Å². The van der Waals surface area contributed by atoms with Crippen LogP contribution in [0.5, 0.6) is 5.75 Å². The molecule has 29 heavy (non-hydrogen) atoms. The Bertz CT molecular complexity index is 884. The zero-order valence-corrected chi connectivity index (χ0v) is 18.1. The first-order valence-electron chi connectivity index (χ1n) is 9.60. The van der Waals surface area contributed by atoms with Crippen molar-refractivity contribution in [2.24, 2.45) is 0 Å². The van der Waals surface area contributed by atoms with E-state index in [1.54, 1.807) is 6.20 Å². The standard InChI is InChI=1S/C20H25ClN5O2S/c1-13(2)28-18-5-4-14(10-16(18)21)19-24-25-20(29-19)23-11-15-12-26(7-3-9-27)8-6-17(15)22/h4-5,10-11,13,27H,3,6-9,12H2,1-2H3,(H,23,25)/q-1/b15-11-. The molecule has 0 atom stereocenters. The zero-order valence-electron chi connectivity index (χ0n) is 16.6. The van der Waals surface area contributed by atoms with Crippen molar-refractivity contribution >= 4 is 33.8 Å². The SMILES string of the molecule is CC(C)Oc1ccc(-c2nnc(N/C=C3/CN(CCCO)CCC3=[N-])s2)cc1Cl. The number of nitrogens with one attached hydrogen (secondary N) is 1. The molecule has 0 unspecified atom stereocenters. The zero-order chi connectivity index (χ0) is 20.8. The largest absolute Gasteiger partial charge is 0.807 e. The van der Waals surface area contributed by atoms with Crippen molar-refractivity contribution in [3.05, 3.63) is 40.4 Å². The Morgan fingerprint density at radius 3 is 2.97 bits per heavy atom. The van der Waals surface area contributed by atoms with Gasteiger partial charge in [0.2, 0.25) is 5.13 Å². The summed E-state index contributed by atoms with van der Waals surface area (Å²) in [4.78, 5) is 2.21. The van der Waals surface area contributed by atoms with Crippen LogP contribution in [0.15, 0.2) is 30.0 Å². The van der Waals surface area contributed by atoms with Crippen LogP contribution < -0.4 is 10.1 Å². The molecule has 9 heteroatoms. The van der Waals surface area contributed by atoms with Crippen LogP contribution in [0.3, 0.4) is 0 Å². The molecule has 0 amide bonds. The number of hydrogen-bond acceptors (Lipinski definition) is 7. The predicted octanol–water partition coefficient (Wildman–Crippen LogP) is 4.04. The number of piperidine rings is 1. The highest BCUT2D eigenvalue weighted by molar-refractivity contribution is 7.18. The molecule has 2 aromatic rings. The summed E-state index contributed by atoms with van der Waals surface area (Å²) in [6.07, 6.45) is 3.15. The highest BCUT2D eigenvalue weighted by atomic mass is 35.5. The van der Waals surface area contributed by atoms with Crippen LogP contribution in [0.1, 0.15) is 26.7 Å². The van der Waals surface area contributed by atoms with Crippen molar-refractivity contribution in [2.75, 3.05) is 31.6 Å². The van der Waals surface area contributed by atoms with E-state index in [2.05, 4.69) is 20.4 Å². The number of benzene rings is 1. The number of halogens is 1. The monoisotopic (exact) mass is 434 g/mol. The van der Waals surface area contributed by atoms with Crippen LogP contribution in [0, 0.1) is 0 Å². The van der Waals surface area contributed by atoms with Crippen molar-refractivity contribution in [1.29, 1.82) is 0 Å². The van der Waals surface area contributed by atoms with Gasteiger partial charge in [-0.3, -0.25) is 4.90 Å². The van der Waals surface area contributed by atoms with Gasteiger partial charge in [0.05, 0.1) is 11.1 Å². The number of rotatable bonds is 8. The van der Waals surface area contributed by atoms with Crippen LogP contribution in [-0.4, -0.2) is 58.3 Å². The van der Waals surface area contributed by atoms with Crippen molar-refractivity contribution in [3.63, 3.8) is 0 Å². The molecule has 2 N–H and O–H groups in total. The Labute approximate surface area is 179 Å². The maximum absolute atomic E-state index is 10.2. The fourth-order valence-electron chi connectivity index (χ4n) is 2.98. The summed E-state index contributed by atoms with van der Waals surface area (Å²) in [5, 5.41) is 32.6. The summed E-state index contributed by atoms with van der Waals surface area (Å²) in [5.41, 5.74) is 2.07. The lowest BCUT2D eigenvalue weighted by Crippen LogP contribution is -2.36. The quantitative estimate of drug-likeness (QED) is 0.651. The number of aromatic nitrogens is 2. The van der Waals surface area contributed by atoms with E-state index in [0.717, 1.165) is 35.7 Å². The van der Waals surface area contributed by atoms with Gasteiger partial charge < -0.3 is 20.6 Å². The molecule has 156 valence electrons. The van der Waals surface area contributed by atoms with Gasteiger partial charge in [0.25, 0.3) is 0 Å². The number of aliphatic hydroxyl groups excluding tert-OH is 1. The van der Waals surface area contributed by atoms with Crippen LogP contribution in [0.25, 0.3) is 16.0 Å². The summed E-state index contributed by atoms with van der Waals surface area (Å²) < 4.78 is 5.66. The van der Waals surface area contributed by atoms with Gasteiger partial charge in [-0.15, -0.1) is 10.2 Å². The fraction of sp³-hybridized carbons (Fsp3) is 0.450. The van der Waals surface area contributed by atoms with Gasteiger partial charge in [-0.2, -0.15) is 5.71 Å². The molecule has 1 saturated heterocycles. The van der Waals surface area contributed by atoms with Crippen molar-refractivity contribution in [1.82, 2.24) is 15.1 Å². The van der Waals surface area contributed by atoms with Crippen LogP contribution >= 0.6 is 22.9 Å². The molecule has 1 fully saturated rings. The van der Waals surface area contributed by atoms with Crippen molar-refractivity contribution < 1.29 is 9.84 Å². The van der Waals surface area contributed by atoms with E-state index in [1.165, 1.54) is 11.3 Å². The summed E-state index contributed by atoms with van der Waals surface area (Å²) in [6.45, 7) is 6.32. The van der Waals surface area contributed by atoms with E-state index >= 15 is 0 Å². The van der Waals surface area contributed by atoms with Gasteiger partial charge in [0, 0.05) is 38.0 Å². The van der Waals surface area contributed by atoms with E-state index in [1.807, 2.05) is 32.0 Å². The number of hydrogen-bond donors (Lipinski definition) is 2. The number of likely N-dealkylation sites (tertiary alicyclic amines) is 1. The Morgan fingerprint density at radius 1 is 1.41 bits per heavy atom. The number of aliphatic hydroxyl groups is 1. The van der Waals surface area contributed by atoms with E-state index in [4.69, 9.17) is 21.4 Å². The summed E-state index contributed by atoms with van der Waals surface area (Å²) >= 11 is 7.72. The second-order valence-corrected chi connectivity index (χ2v) is 8.47. The highest BCUT2D eigenvalue weighted by Gasteiger charge is 2.15. The van der Waals surface area contributed by atoms with Gasteiger partial charge in [-0.05, 0) is 50.5 Å². The molecule has 2 heterocycles. The minimum atomic E-state index is 0.0521. The third-order valence-electron chi connectivity index (χ3n) is 4.40. The van der Waals surface area contributed by atoms with Gasteiger partial charge in [-0.25, -0.2) is 0 Å². The predicted molar refractivity (Wildman–Crippen MR) is 119 cm³/mol. The normalized spacial score (nSPS) is 16.6. The third-order valence-corrected chi connectivity index (χ3v) is 5.60. The maximum Gasteiger partial charge on any atom is 0.209 e. The fourth-order valence-corrected chi connectivity index (χ4v) is 3.91. The Morgan fingerprint density at radius 2 is 2.24 bits per heavy atom. The third kappa shape index (κ3) is 5.99. The lowest BCUT2D eigenvalue weighted by molar-refractivity contribution is 0.234. The number of nitrogens with zero attached hydrogens (tertiary/aromatic N) is 4. The molecule has 0 saturated carbocycles. The minimum Gasteiger partial charge on any atom is -0.807 e. The molecule has 1 aromatic carbocycles. The molecule has 1 aliphatic heterocycles. The molecule has 0 radical (unpaired) electrons. The van der Waals surface area contributed by atoms with Gasteiger partial charge in [0.15, 0.2) is 0 Å². The Balaban J connectivity index is 1.66. The van der Waals surface area contributed by atoms with Crippen molar-refractivity contribution in [3.8, 4) is 16.3 Å². The topological polar surface area (TPSA) is 92.8 Å². The first kappa shape index (κ1) is 21.7.